The van der Waals surface area contributed by atoms with Crippen molar-refractivity contribution >= 4 is 11.6 Å². The first kappa shape index (κ1) is 23.3. The highest BCUT2D eigenvalue weighted by Crippen LogP contribution is 2.39. The van der Waals surface area contributed by atoms with Crippen molar-refractivity contribution in [1.82, 2.24) is 9.78 Å². The monoisotopic (exact) mass is 437 g/mol. The van der Waals surface area contributed by atoms with Crippen LogP contribution in [0.4, 0.5) is 5.69 Å². The largest absolute Gasteiger partial charge is 0.507 e. The predicted molar refractivity (Wildman–Crippen MR) is 125 cm³/mol. The summed E-state index contributed by atoms with van der Waals surface area (Å²) in [7, 11) is 0. The van der Waals surface area contributed by atoms with E-state index >= 15 is 0 Å². The quantitative estimate of drug-likeness (QED) is 0.610. The van der Waals surface area contributed by atoms with Gasteiger partial charge in [0.25, 0.3) is 0 Å². The van der Waals surface area contributed by atoms with Gasteiger partial charge in [-0.15, -0.1) is 5.10 Å². The van der Waals surface area contributed by atoms with E-state index in [-0.39, 0.29) is 34.9 Å². The number of rotatable bonds is 4. The van der Waals surface area contributed by atoms with Crippen LogP contribution in [0.3, 0.4) is 0 Å². The fourth-order valence-electron chi connectivity index (χ4n) is 3.56. The summed E-state index contributed by atoms with van der Waals surface area (Å²) in [4.78, 5) is 23.8. The lowest BCUT2D eigenvalue weighted by Gasteiger charge is -2.28. The van der Waals surface area contributed by atoms with Crippen LogP contribution in [0.15, 0.2) is 45.6 Å². The second-order valence-electron chi connectivity index (χ2n) is 10.1. The number of phenolic OH excluding ortho intramolecular Hbond substituents is 1. The molecule has 0 saturated carbocycles. The van der Waals surface area contributed by atoms with Crippen molar-refractivity contribution in [3.8, 4) is 17.2 Å². The molecule has 0 aliphatic rings. The first-order valence-electron chi connectivity index (χ1n) is 10.6. The van der Waals surface area contributed by atoms with Crippen LogP contribution < -0.4 is 11.1 Å². The number of phenols is 1. The van der Waals surface area contributed by atoms with E-state index in [1.54, 1.807) is 24.3 Å². The molecule has 3 rings (SSSR count). The summed E-state index contributed by atoms with van der Waals surface area (Å²) in [6, 6.07) is 10.8. The van der Waals surface area contributed by atoms with E-state index < -0.39 is 5.76 Å². The molecule has 0 aliphatic carbocycles. The Labute approximate surface area is 188 Å². The van der Waals surface area contributed by atoms with Gasteiger partial charge in [-0.1, -0.05) is 47.6 Å². The number of aromatic hydroxyl groups is 1. The number of nitrogens with zero attached hydrogens (tertiary/aromatic N) is 2. The number of hydrogen-bond acceptors (Lipinski definition) is 5. The van der Waals surface area contributed by atoms with Crippen LogP contribution in [0.1, 0.15) is 65.2 Å². The zero-order chi connectivity index (χ0) is 23.8. The lowest BCUT2D eigenvalue weighted by molar-refractivity contribution is -0.114. The maximum absolute atomic E-state index is 12.5. The van der Waals surface area contributed by atoms with Gasteiger partial charge in [0.1, 0.15) is 5.75 Å². The molecule has 0 atom stereocenters. The molecule has 0 spiro atoms. The molecule has 32 heavy (non-hydrogen) atoms. The number of nitrogens with one attached hydrogen (secondary N) is 1. The number of amides is 1. The van der Waals surface area contributed by atoms with Crippen molar-refractivity contribution in [1.29, 1.82) is 0 Å². The Morgan fingerprint density at radius 3 is 2.19 bits per heavy atom. The Hall–Kier alpha value is -3.35. The summed E-state index contributed by atoms with van der Waals surface area (Å²) in [5.74, 6) is -0.303. The molecule has 1 aromatic heterocycles. The van der Waals surface area contributed by atoms with Gasteiger partial charge in [-0.2, -0.15) is 4.68 Å². The highest BCUT2D eigenvalue weighted by atomic mass is 16.4. The van der Waals surface area contributed by atoms with E-state index in [0.29, 0.717) is 11.3 Å². The third-order valence-corrected chi connectivity index (χ3v) is 5.15. The molecule has 0 radical (unpaired) electrons. The molecule has 7 nitrogen and oxygen atoms in total. The minimum atomic E-state index is -0.576. The molecule has 0 saturated heterocycles. The van der Waals surface area contributed by atoms with Gasteiger partial charge in [-0.05, 0) is 57.9 Å². The van der Waals surface area contributed by atoms with E-state index in [1.165, 1.54) is 11.6 Å². The fourth-order valence-corrected chi connectivity index (χ4v) is 3.56. The van der Waals surface area contributed by atoms with Crippen LogP contribution >= 0.6 is 0 Å². The van der Waals surface area contributed by atoms with Gasteiger partial charge in [0.05, 0.1) is 6.54 Å². The topological polar surface area (TPSA) is 97.4 Å². The lowest BCUT2D eigenvalue weighted by Crippen LogP contribution is -2.20. The molecule has 2 aromatic carbocycles. The van der Waals surface area contributed by atoms with E-state index in [9.17, 15) is 14.7 Å². The Morgan fingerprint density at radius 2 is 1.66 bits per heavy atom. The maximum atomic E-state index is 12.5. The molecular formula is C25H31N3O4. The van der Waals surface area contributed by atoms with E-state index in [0.717, 1.165) is 16.7 Å². The summed E-state index contributed by atoms with van der Waals surface area (Å²) in [5, 5.41) is 18.0. The first-order chi connectivity index (χ1) is 14.8. The van der Waals surface area contributed by atoms with Crippen LogP contribution in [0.5, 0.6) is 5.75 Å². The maximum Gasteiger partial charge on any atom is 0.437 e. The van der Waals surface area contributed by atoms with Crippen LogP contribution in [-0.2, 0) is 22.2 Å². The number of aromatic nitrogens is 2. The average Bonchev–Trinajstić information content (AvgIpc) is 3.01. The highest BCUT2D eigenvalue weighted by molar-refractivity contribution is 5.89. The second-order valence-corrected chi connectivity index (χ2v) is 10.1. The molecule has 7 heteroatoms. The average molecular weight is 438 g/mol. The summed E-state index contributed by atoms with van der Waals surface area (Å²) < 4.78 is 6.66. The van der Waals surface area contributed by atoms with Crippen LogP contribution in [0.2, 0.25) is 0 Å². The Bertz CT molecular complexity index is 1170. The smallest absolute Gasteiger partial charge is 0.437 e. The van der Waals surface area contributed by atoms with Crippen LogP contribution in [0.25, 0.3) is 11.5 Å². The van der Waals surface area contributed by atoms with E-state index in [1.807, 2.05) is 53.7 Å². The summed E-state index contributed by atoms with van der Waals surface area (Å²) in [6.45, 7) is 13.9. The summed E-state index contributed by atoms with van der Waals surface area (Å²) in [6.07, 6.45) is 0. The molecule has 0 aliphatic heterocycles. The second kappa shape index (κ2) is 8.30. The standard InChI is InChI=1S/C25H31N3O4/c1-15(29)26-18-10-8-9-17(13-18)22-27-28(23(31)32-22)14-16-11-19(24(2,3)4)21(30)20(12-16)25(5,6)7/h8-13,30H,14H2,1-7H3,(H,26,29). The molecule has 2 N–H and O–H groups in total. The Balaban J connectivity index is 2.01. The zero-order valence-corrected chi connectivity index (χ0v) is 19.7. The minimum absolute atomic E-state index is 0.174. The minimum Gasteiger partial charge on any atom is -0.507 e. The molecule has 0 unspecified atom stereocenters. The Kier molecular flexibility index (Phi) is 6.05. The van der Waals surface area contributed by atoms with Gasteiger partial charge in [-0.3, -0.25) is 4.79 Å². The van der Waals surface area contributed by atoms with E-state index in [2.05, 4.69) is 10.4 Å². The van der Waals surface area contributed by atoms with Crippen molar-refractivity contribution in [2.45, 2.75) is 65.8 Å². The molecule has 0 fully saturated rings. The van der Waals surface area contributed by atoms with Crippen LogP contribution in [-0.4, -0.2) is 20.8 Å². The molecule has 1 amide bonds. The van der Waals surface area contributed by atoms with Crippen molar-refractivity contribution < 1.29 is 14.3 Å². The zero-order valence-electron chi connectivity index (χ0n) is 19.7. The van der Waals surface area contributed by atoms with Gasteiger partial charge in [0, 0.05) is 18.2 Å². The number of benzene rings is 2. The normalized spacial score (nSPS) is 12.1. The molecule has 0 bridgehead atoms. The molecule has 1 heterocycles. The number of hydrogen-bond donors (Lipinski definition) is 2. The fraction of sp³-hybridized carbons (Fsp3) is 0.400. The summed E-state index contributed by atoms with van der Waals surface area (Å²) >= 11 is 0. The van der Waals surface area contributed by atoms with Crippen molar-refractivity contribution in [3.05, 3.63) is 63.6 Å². The van der Waals surface area contributed by atoms with Crippen molar-refractivity contribution in [2.75, 3.05) is 5.32 Å². The molecule has 170 valence electrons. The van der Waals surface area contributed by atoms with Gasteiger partial charge >= 0.3 is 5.76 Å². The summed E-state index contributed by atoms with van der Waals surface area (Å²) in [5.41, 5.74) is 3.12. The highest BCUT2D eigenvalue weighted by Gasteiger charge is 2.27. The number of anilines is 1. The van der Waals surface area contributed by atoms with Crippen molar-refractivity contribution in [2.24, 2.45) is 0 Å². The lowest BCUT2D eigenvalue weighted by atomic mass is 9.78. The van der Waals surface area contributed by atoms with Gasteiger partial charge in [0.2, 0.25) is 11.8 Å². The number of carbonyl (C=O) groups excluding carboxylic acids is 1. The SMILES string of the molecule is CC(=O)Nc1cccc(-c2nn(Cc3cc(C(C)(C)C)c(O)c(C(C)(C)C)c3)c(=O)o2)c1. The van der Waals surface area contributed by atoms with Crippen LogP contribution in [0, 0.1) is 0 Å². The third kappa shape index (κ3) is 5.10. The number of carbonyl (C=O) groups is 1. The van der Waals surface area contributed by atoms with Gasteiger partial charge < -0.3 is 14.8 Å². The molecule has 3 aromatic rings. The first-order valence-corrected chi connectivity index (χ1v) is 10.6. The van der Waals surface area contributed by atoms with Crippen molar-refractivity contribution in [3.63, 3.8) is 0 Å². The predicted octanol–water partition coefficient (Wildman–Crippen LogP) is 4.81. The molecular weight excluding hydrogens is 406 g/mol. The Morgan fingerprint density at radius 1 is 1.06 bits per heavy atom. The van der Waals surface area contributed by atoms with Gasteiger partial charge in [-0.25, -0.2) is 4.79 Å². The third-order valence-electron chi connectivity index (χ3n) is 5.15. The van der Waals surface area contributed by atoms with E-state index in [4.69, 9.17) is 4.42 Å². The van der Waals surface area contributed by atoms with Gasteiger partial charge in [0.15, 0.2) is 0 Å².